The Morgan fingerprint density at radius 2 is 1.17 bits per heavy atom. The summed E-state index contributed by atoms with van der Waals surface area (Å²) in [4.78, 5) is 0. The SMILES string of the molecule is N[C@H](c1c(F)c(F)c(F)c(F)c1F)C1CCCC1. The molecule has 0 bridgehead atoms. The highest BCUT2D eigenvalue weighted by Crippen LogP contribution is 2.37. The van der Waals surface area contributed by atoms with Crippen LogP contribution in [0.1, 0.15) is 37.3 Å². The van der Waals surface area contributed by atoms with Crippen LogP contribution < -0.4 is 5.73 Å². The van der Waals surface area contributed by atoms with Gasteiger partial charge in [-0.1, -0.05) is 12.8 Å². The first-order chi connectivity index (χ1) is 8.45. The molecule has 1 aromatic carbocycles. The fraction of sp³-hybridized carbons (Fsp3) is 0.500. The Morgan fingerprint density at radius 1 is 0.778 bits per heavy atom. The van der Waals surface area contributed by atoms with Crippen molar-refractivity contribution in [3.05, 3.63) is 34.6 Å². The van der Waals surface area contributed by atoms with Gasteiger partial charge in [0.2, 0.25) is 5.82 Å². The first kappa shape index (κ1) is 13.3. The highest BCUT2D eigenvalue weighted by molar-refractivity contribution is 5.27. The highest BCUT2D eigenvalue weighted by atomic mass is 19.2. The van der Waals surface area contributed by atoms with Crippen molar-refractivity contribution in [2.24, 2.45) is 11.7 Å². The molecule has 0 unspecified atom stereocenters. The van der Waals surface area contributed by atoms with Gasteiger partial charge in [-0.2, -0.15) is 0 Å². The van der Waals surface area contributed by atoms with Crippen LogP contribution in [0.4, 0.5) is 22.0 Å². The molecule has 1 aliphatic carbocycles. The minimum atomic E-state index is -2.15. The van der Waals surface area contributed by atoms with Crippen molar-refractivity contribution >= 4 is 0 Å². The molecule has 0 amide bonds. The van der Waals surface area contributed by atoms with Crippen molar-refractivity contribution < 1.29 is 22.0 Å². The molecule has 0 radical (unpaired) electrons. The fourth-order valence-electron chi connectivity index (χ4n) is 2.47. The van der Waals surface area contributed by atoms with E-state index in [0.29, 0.717) is 12.8 Å². The van der Waals surface area contributed by atoms with E-state index in [1.165, 1.54) is 0 Å². The number of halogens is 5. The number of nitrogens with two attached hydrogens (primary N) is 1. The molecule has 0 aliphatic heterocycles. The van der Waals surface area contributed by atoms with Crippen LogP contribution in [0.2, 0.25) is 0 Å². The Morgan fingerprint density at radius 3 is 1.61 bits per heavy atom. The Kier molecular flexibility index (Phi) is 3.56. The smallest absolute Gasteiger partial charge is 0.200 e. The zero-order valence-electron chi connectivity index (χ0n) is 9.45. The summed E-state index contributed by atoms with van der Waals surface area (Å²) in [6, 6.07) is -1.16. The summed E-state index contributed by atoms with van der Waals surface area (Å²) >= 11 is 0. The molecule has 1 aliphatic rings. The fourth-order valence-corrected chi connectivity index (χ4v) is 2.47. The Bertz CT molecular complexity index is 439. The summed E-state index contributed by atoms with van der Waals surface area (Å²) in [5.41, 5.74) is 4.76. The third kappa shape index (κ3) is 1.98. The predicted molar refractivity (Wildman–Crippen MR) is 55.1 cm³/mol. The van der Waals surface area contributed by atoms with E-state index in [9.17, 15) is 22.0 Å². The van der Waals surface area contributed by atoms with Crippen LogP contribution in [-0.4, -0.2) is 0 Å². The van der Waals surface area contributed by atoms with E-state index in [0.717, 1.165) is 12.8 Å². The Labute approximate surface area is 101 Å². The second kappa shape index (κ2) is 4.84. The molecule has 1 fully saturated rings. The maximum absolute atomic E-state index is 13.5. The first-order valence-corrected chi connectivity index (χ1v) is 5.72. The van der Waals surface area contributed by atoms with Gasteiger partial charge in [-0.05, 0) is 18.8 Å². The lowest BCUT2D eigenvalue weighted by Crippen LogP contribution is -2.24. The van der Waals surface area contributed by atoms with Gasteiger partial charge in [-0.25, -0.2) is 22.0 Å². The van der Waals surface area contributed by atoms with E-state index in [1.807, 2.05) is 0 Å². The molecular formula is C12H12F5N. The second-order valence-corrected chi connectivity index (χ2v) is 4.55. The van der Waals surface area contributed by atoms with E-state index in [4.69, 9.17) is 5.73 Å². The summed E-state index contributed by atoms with van der Waals surface area (Å²) in [7, 11) is 0. The molecule has 2 N–H and O–H groups in total. The molecule has 0 aromatic heterocycles. The normalized spacial score (nSPS) is 18.3. The average Bonchev–Trinajstić information content (AvgIpc) is 2.88. The zero-order valence-corrected chi connectivity index (χ0v) is 9.45. The average molecular weight is 265 g/mol. The lowest BCUT2D eigenvalue weighted by molar-refractivity contribution is 0.344. The van der Waals surface area contributed by atoms with Crippen molar-refractivity contribution in [3.63, 3.8) is 0 Å². The van der Waals surface area contributed by atoms with Gasteiger partial charge >= 0.3 is 0 Å². The van der Waals surface area contributed by atoms with Gasteiger partial charge in [0.15, 0.2) is 23.3 Å². The topological polar surface area (TPSA) is 26.0 Å². The summed E-state index contributed by atoms with van der Waals surface area (Å²) in [5, 5.41) is 0. The van der Waals surface area contributed by atoms with Gasteiger partial charge in [0.25, 0.3) is 0 Å². The van der Waals surface area contributed by atoms with E-state index < -0.39 is 40.7 Å². The van der Waals surface area contributed by atoms with Crippen molar-refractivity contribution in [3.8, 4) is 0 Å². The third-order valence-electron chi connectivity index (χ3n) is 3.48. The third-order valence-corrected chi connectivity index (χ3v) is 3.48. The van der Waals surface area contributed by atoms with Crippen LogP contribution in [0.3, 0.4) is 0 Å². The largest absolute Gasteiger partial charge is 0.324 e. The van der Waals surface area contributed by atoms with Gasteiger partial charge in [0, 0.05) is 11.6 Å². The maximum atomic E-state index is 13.5. The molecule has 1 atom stereocenters. The molecule has 6 heteroatoms. The Balaban J connectivity index is 2.49. The summed E-state index contributed by atoms with van der Waals surface area (Å²) in [6.07, 6.45) is 2.99. The Hall–Kier alpha value is -1.17. The van der Waals surface area contributed by atoms with Crippen molar-refractivity contribution in [2.75, 3.05) is 0 Å². The van der Waals surface area contributed by atoms with Crippen LogP contribution in [0, 0.1) is 35.0 Å². The summed E-state index contributed by atoms with van der Waals surface area (Å²) in [6.45, 7) is 0. The van der Waals surface area contributed by atoms with Crippen LogP contribution in [0.5, 0.6) is 0 Å². The molecule has 0 heterocycles. The summed E-state index contributed by atoms with van der Waals surface area (Å²) < 4.78 is 65.9. The quantitative estimate of drug-likeness (QED) is 0.494. The molecular weight excluding hydrogens is 253 g/mol. The maximum Gasteiger partial charge on any atom is 0.200 e. The molecule has 1 saturated carbocycles. The first-order valence-electron chi connectivity index (χ1n) is 5.72. The standard InChI is InChI=1S/C12H12F5N/c13-7-6(12(18)5-3-1-2-4-5)8(14)10(16)11(17)9(7)15/h5,12H,1-4,18H2/t12-/m0/s1. The van der Waals surface area contributed by atoms with Gasteiger partial charge < -0.3 is 5.73 Å². The molecule has 100 valence electrons. The molecule has 18 heavy (non-hydrogen) atoms. The number of benzene rings is 1. The number of rotatable bonds is 2. The number of hydrogen-bond acceptors (Lipinski definition) is 1. The van der Waals surface area contributed by atoms with Gasteiger partial charge in [0.1, 0.15) is 0 Å². The minimum Gasteiger partial charge on any atom is -0.324 e. The van der Waals surface area contributed by atoms with Gasteiger partial charge in [-0.15, -0.1) is 0 Å². The minimum absolute atomic E-state index is 0.238. The van der Waals surface area contributed by atoms with Gasteiger partial charge in [0.05, 0.1) is 0 Å². The van der Waals surface area contributed by atoms with Crippen molar-refractivity contribution in [2.45, 2.75) is 31.7 Å². The molecule has 0 spiro atoms. The predicted octanol–water partition coefficient (Wildman–Crippen LogP) is 3.57. The highest BCUT2D eigenvalue weighted by Gasteiger charge is 2.33. The monoisotopic (exact) mass is 265 g/mol. The second-order valence-electron chi connectivity index (χ2n) is 4.55. The zero-order chi connectivity index (χ0) is 13.4. The van der Waals surface area contributed by atoms with E-state index >= 15 is 0 Å². The van der Waals surface area contributed by atoms with E-state index in [1.54, 1.807) is 0 Å². The van der Waals surface area contributed by atoms with Crippen LogP contribution in [0.25, 0.3) is 0 Å². The lowest BCUT2D eigenvalue weighted by Gasteiger charge is -2.20. The van der Waals surface area contributed by atoms with Crippen molar-refractivity contribution in [1.29, 1.82) is 0 Å². The lowest BCUT2D eigenvalue weighted by atomic mass is 9.91. The van der Waals surface area contributed by atoms with Crippen LogP contribution in [0.15, 0.2) is 0 Å². The van der Waals surface area contributed by atoms with E-state index in [2.05, 4.69) is 0 Å². The molecule has 2 rings (SSSR count). The molecule has 1 aromatic rings. The van der Waals surface area contributed by atoms with E-state index in [-0.39, 0.29) is 5.92 Å². The van der Waals surface area contributed by atoms with Crippen LogP contribution >= 0.6 is 0 Å². The van der Waals surface area contributed by atoms with Crippen LogP contribution in [-0.2, 0) is 0 Å². The molecule has 1 nitrogen and oxygen atoms in total. The number of hydrogen-bond donors (Lipinski definition) is 1. The van der Waals surface area contributed by atoms with Crippen molar-refractivity contribution in [1.82, 2.24) is 0 Å². The van der Waals surface area contributed by atoms with Gasteiger partial charge in [-0.3, -0.25) is 0 Å². The molecule has 0 saturated heterocycles. The summed E-state index contributed by atoms with van der Waals surface area (Å²) in [5.74, 6) is -9.88.